The third-order valence-corrected chi connectivity index (χ3v) is 1.85. The summed E-state index contributed by atoms with van der Waals surface area (Å²) in [6.07, 6.45) is 5.80. The van der Waals surface area contributed by atoms with E-state index in [-0.39, 0.29) is 11.6 Å². The van der Waals surface area contributed by atoms with Crippen LogP contribution in [0, 0.1) is 0 Å². The Morgan fingerprint density at radius 2 is 2.13 bits per heavy atom. The zero-order valence-corrected chi connectivity index (χ0v) is 8.64. The summed E-state index contributed by atoms with van der Waals surface area (Å²) in [5.74, 6) is -1.02. The number of unbranched alkanes of at least 4 members (excludes halogenated alkanes) is 2. The van der Waals surface area contributed by atoms with E-state index in [9.17, 15) is 4.79 Å². The lowest BCUT2D eigenvalue weighted by atomic mass is 10.3. The van der Waals surface area contributed by atoms with Gasteiger partial charge in [-0.1, -0.05) is 19.8 Å². The molecule has 0 bridgehead atoms. The maximum atomic E-state index is 10.7. The quantitative estimate of drug-likeness (QED) is 0.724. The van der Waals surface area contributed by atoms with E-state index in [1.165, 1.54) is 12.4 Å². The summed E-state index contributed by atoms with van der Waals surface area (Å²) in [5.41, 5.74) is -0.131. The van der Waals surface area contributed by atoms with Crippen LogP contribution in [0.1, 0.15) is 36.7 Å². The Labute approximate surface area is 88.1 Å². The summed E-state index contributed by atoms with van der Waals surface area (Å²) in [6.45, 7) is 2.57. The highest BCUT2D eigenvalue weighted by molar-refractivity contribution is 5.87. The Kier molecular flexibility index (Phi) is 4.53. The number of carboxylic acids is 1. The van der Waals surface area contributed by atoms with Crippen LogP contribution >= 0.6 is 0 Å². The van der Waals surface area contributed by atoms with Gasteiger partial charge < -0.3 is 9.84 Å². The molecule has 0 aliphatic heterocycles. The maximum Gasteiger partial charge on any atom is 0.360 e. The normalized spacial score (nSPS) is 9.93. The molecular formula is C10H14N2O3. The van der Waals surface area contributed by atoms with Crippen molar-refractivity contribution in [2.24, 2.45) is 0 Å². The molecule has 0 aromatic carbocycles. The molecule has 0 saturated carbocycles. The summed E-state index contributed by atoms with van der Waals surface area (Å²) in [4.78, 5) is 18.3. The summed E-state index contributed by atoms with van der Waals surface area (Å²) in [5, 5.41) is 8.79. The zero-order chi connectivity index (χ0) is 11.1. The van der Waals surface area contributed by atoms with E-state index < -0.39 is 5.97 Å². The van der Waals surface area contributed by atoms with Crippen molar-refractivity contribution in [1.82, 2.24) is 9.97 Å². The molecule has 5 nitrogen and oxygen atoms in total. The minimum Gasteiger partial charge on any atom is -0.476 e. The molecule has 15 heavy (non-hydrogen) atoms. The van der Waals surface area contributed by atoms with Crippen LogP contribution in [0.5, 0.6) is 5.88 Å². The van der Waals surface area contributed by atoms with Gasteiger partial charge in [0, 0.05) is 12.4 Å². The number of aromatic carboxylic acids is 1. The van der Waals surface area contributed by atoms with Crippen LogP contribution in [0.4, 0.5) is 0 Å². The van der Waals surface area contributed by atoms with Gasteiger partial charge in [0.2, 0.25) is 11.6 Å². The molecule has 1 rings (SSSR count). The van der Waals surface area contributed by atoms with Crippen molar-refractivity contribution >= 4 is 5.97 Å². The number of aromatic nitrogens is 2. The largest absolute Gasteiger partial charge is 0.476 e. The van der Waals surface area contributed by atoms with E-state index in [1.807, 2.05) is 0 Å². The number of hydrogen-bond donors (Lipinski definition) is 1. The molecule has 0 saturated heterocycles. The van der Waals surface area contributed by atoms with Crippen molar-refractivity contribution in [3.05, 3.63) is 18.1 Å². The first-order valence-corrected chi connectivity index (χ1v) is 4.92. The van der Waals surface area contributed by atoms with Gasteiger partial charge >= 0.3 is 5.97 Å². The number of hydrogen-bond acceptors (Lipinski definition) is 4. The summed E-state index contributed by atoms with van der Waals surface area (Å²) >= 11 is 0. The highest BCUT2D eigenvalue weighted by Crippen LogP contribution is 2.11. The van der Waals surface area contributed by atoms with E-state index in [0.717, 1.165) is 19.3 Å². The van der Waals surface area contributed by atoms with Gasteiger partial charge in [-0.3, -0.25) is 0 Å². The number of rotatable bonds is 6. The maximum absolute atomic E-state index is 10.7. The van der Waals surface area contributed by atoms with E-state index in [2.05, 4.69) is 16.9 Å². The molecule has 1 heterocycles. The van der Waals surface area contributed by atoms with Gasteiger partial charge in [-0.2, -0.15) is 0 Å². The third-order valence-electron chi connectivity index (χ3n) is 1.85. The van der Waals surface area contributed by atoms with Crippen LogP contribution in [0.2, 0.25) is 0 Å². The van der Waals surface area contributed by atoms with Gasteiger partial charge in [0.15, 0.2) is 0 Å². The SMILES string of the molecule is CCCCCOc1nccnc1C(=O)O. The van der Waals surface area contributed by atoms with Gasteiger partial charge in [0.05, 0.1) is 6.61 Å². The van der Waals surface area contributed by atoms with Gasteiger partial charge in [-0.05, 0) is 6.42 Å². The van der Waals surface area contributed by atoms with E-state index in [0.29, 0.717) is 6.61 Å². The monoisotopic (exact) mass is 210 g/mol. The van der Waals surface area contributed by atoms with Crippen LogP contribution in [-0.4, -0.2) is 27.7 Å². The average molecular weight is 210 g/mol. The topological polar surface area (TPSA) is 72.3 Å². The fourth-order valence-corrected chi connectivity index (χ4v) is 1.10. The van der Waals surface area contributed by atoms with Crippen LogP contribution in [-0.2, 0) is 0 Å². The Bertz CT molecular complexity index is 328. The molecule has 1 N–H and O–H groups in total. The molecule has 0 amide bonds. The number of carboxylic acid groups (broad SMARTS) is 1. The zero-order valence-electron chi connectivity index (χ0n) is 8.64. The van der Waals surface area contributed by atoms with Crippen molar-refractivity contribution in [3.63, 3.8) is 0 Å². The Balaban J connectivity index is 2.56. The second-order valence-corrected chi connectivity index (χ2v) is 3.07. The minimum atomic E-state index is -1.12. The Morgan fingerprint density at radius 1 is 1.40 bits per heavy atom. The van der Waals surface area contributed by atoms with Gasteiger partial charge in [0.1, 0.15) is 0 Å². The van der Waals surface area contributed by atoms with Gasteiger partial charge in [-0.25, -0.2) is 14.8 Å². The molecule has 5 heteroatoms. The summed E-state index contributed by atoms with van der Waals surface area (Å²) in [7, 11) is 0. The lowest BCUT2D eigenvalue weighted by Gasteiger charge is -2.05. The van der Waals surface area contributed by atoms with Crippen LogP contribution in [0.3, 0.4) is 0 Å². The second kappa shape index (κ2) is 5.95. The fraction of sp³-hybridized carbons (Fsp3) is 0.500. The van der Waals surface area contributed by atoms with Crippen molar-refractivity contribution in [3.8, 4) is 5.88 Å². The van der Waals surface area contributed by atoms with Crippen molar-refractivity contribution in [2.75, 3.05) is 6.61 Å². The fourth-order valence-electron chi connectivity index (χ4n) is 1.10. The highest BCUT2D eigenvalue weighted by Gasteiger charge is 2.13. The first-order chi connectivity index (χ1) is 7.25. The molecule has 0 aliphatic rings. The molecule has 0 atom stereocenters. The summed E-state index contributed by atoms with van der Waals surface area (Å²) in [6, 6.07) is 0. The summed E-state index contributed by atoms with van der Waals surface area (Å²) < 4.78 is 5.25. The first kappa shape index (κ1) is 11.4. The molecule has 0 radical (unpaired) electrons. The molecule has 0 spiro atoms. The molecule has 1 aromatic heterocycles. The Morgan fingerprint density at radius 3 is 2.80 bits per heavy atom. The molecule has 0 fully saturated rings. The minimum absolute atomic E-state index is 0.0982. The smallest absolute Gasteiger partial charge is 0.360 e. The Hall–Kier alpha value is -1.65. The highest BCUT2D eigenvalue weighted by atomic mass is 16.5. The number of carbonyl (C=O) groups is 1. The molecular weight excluding hydrogens is 196 g/mol. The van der Waals surface area contributed by atoms with Crippen molar-refractivity contribution in [2.45, 2.75) is 26.2 Å². The predicted molar refractivity (Wildman–Crippen MR) is 54.0 cm³/mol. The van der Waals surface area contributed by atoms with E-state index in [1.54, 1.807) is 0 Å². The van der Waals surface area contributed by atoms with Crippen LogP contribution < -0.4 is 4.74 Å². The van der Waals surface area contributed by atoms with E-state index >= 15 is 0 Å². The standard InChI is InChI=1S/C10H14N2O3/c1-2-3-4-7-15-9-8(10(13)14)11-5-6-12-9/h5-6H,2-4,7H2,1H3,(H,13,14). The van der Waals surface area contributed by atoms with Gasteiger partial charge in [0.25, 0.3) is 0 Å². The number of nitrogens with zero attached hydrogens (tertiary/aromatic N) is 2. The molecule has 0 aliphatic carbocycles. The van der Waals surface area contributed by atoms with Crippen LogP contribution in [0.15, 0.2) is 12.4 Å². The molecule has 0 unspecified atom stereocenters. The lowest BCUT2D eigenvalue weighted by Crippen LogP contribution is -2.08. The number of ether oxygens (including phenoxy) is 1. The first-order valence-electron chi connectivity index (χ1n) is 4.92. The van der Waals surface area contributed by atoms with Crippen LogP contribution in [0.25, 0.3) is 0 Å². The molecule has 82 valence electrons. The third kappa shape index (κ3) is 3.53. The van der Waals surface area contributed by atoms with E-state index in [4.69, 9.17) is 9.84 Å². The second-order valence-electron chi connectivity index (χ2n) is 3.07. The molecule has 1 aromatic rings. The lowest BCUT2D eigenvalue weighted by molar-refractivity contribution is 0.0684. The average Bonchev–Trinajstić information content (AvgIpc) is 2.25. The predicted octanol–water partition coefficient (Wildman–Crippen LogP) is 1.74. The van der Waals surface area contributed by atoms with Crippen molar-refractivity contribution < 1.29 is 14.6 Å². The van der Waals surface area contributed by atoms with Gasteiger partial charge in [-0.15, -0.1) is 0 Å². The van der Waals surface area contributed by atoms with Crippen molar-refractivity contribution in [1.29, 1.82) is 0 Å².